The van der Waals surface area contributed by atoms with E-state index >= 15 is 0 Å². The first-order valence-corrected chi connectivity index (χ1v) is 10.9. The average molecular weight is 410 g/mol. The summed E-state index contributed by atoms with van der Waals surface area (Å²) in [5, 5.41) is 6.03. The lowest BCUT2D eigenvalue weighted by Crippen LogP contribution is -2.37. The molecule has 0 spiro atoms. The molecular formula is C24H31N3O3. The molecule has 6 heteroatoms. The largest absolute Gasteiger partial charge is 0.486 e. The summed E-state index contributed by atoms with van der Waals surface area (Å²) in [6, 6.07) is 13.9. The first-order chi connectivity index (χ1) is 14.7. The van der Waals surface area contributed by atoms with E-state index in [2.05, 4.69) is 33.7 Å². The second-order valence-electron chi connectivity index (χ2n) is 8.06. The molecule has 0 radical (unpaired) electrons. The molecule has 2 aliphatic heterocycles. The maximum atomic E-state index is 12.5. The Hall–Kier alpha value is -2.73. The van der Waals surface area contributed by atoms with Gasteiger partial charge in [-0.1, -0.05) is 36.8 Å². The number of nitrogens with zero attached hydrogens (tertiary/aromatic N) is 1. The van der Waals surface area contributed by atoms with Crippen molar-refractivity contribution in [3.63, 3.8) is 0 Å². The zero-order valence-corrected chi connectivity index (χ0v) is 17.7. The first kappa shape index (κ1) is 20.5. The molecule has 30 heavy (non-hydrogen) atoms. The van der Waals surface area contributed by atoms with E-state index in [1.54, 1.807) is 0 Å². The summed E-state index contributed by atoms with van der Waals surface area (Å²) in [5.41, 5.74) is 3.45. The van der Waals surface area contributed by atoms with E-state index in [1.807, 2.05) is 31.2 Å². The molecule has 2 aromatic carbocycles. The van der Waals surface area contributed by atoms with Gasteiger partial charge in [0.2, 0.25) is 0 Å². The predicted octanol–water partition coefficient (Wildman–Crippen LogP) is 4.00. The maximum absolute atomic E-state index is 12.5. The predicted molar refractivity (Wildman–Crippen MR) is 117 cm³/mol. The summed E-state index contributed by atoms with van der Waals surface area (Å²) >= 11 is 0. The van der Waals surface area contributed by atoms with Crippen LogP contribution in [-0.4, -0.2) is 37.2 Å². The van der Waals surface area contributed by atoms with Gasteiger partial charge in [0.05, 0.1) is 6.04 Å². The topological polar surface area (TPSA) is 62.8 Å². The van der Waals surface area contributed by atoms with E-state index in [0.29, 0.717) is 19.8 Å². The first-order valence-electron chi connectivity index (χ1n) is 10.9. The van der Waals surface area contributed by atoms with E-state index in [-0.39, 0.29) is 12.1 Å². The Morgan fingerprint density at radius 2 is 1.73 bits per heavy atom. The van der Waals surface area contributed by atoms with Gasteiger partial charge in [0.1, 0.15) is 13.2 Å². The van der Waals surface area contributed by atoms with E-state index in [1.165, 1.54) is 30.4 Å². The van der Waals surface area contributed by atoms with Crippen LogP contribution in [0.2, 0.25) is 0 Å². The van der Waals surface area contributed by atoms with Crippen molar-refractivity contribution in [2.75, 3.05) is 26.3 Å². The van der Waals surface area contributed by atoms with Crippen LogP contribution in [-0.2, 0) is 13.1 Å². The van der Waals surface area contributed by atoms with E-state index < -0.39 is 0 Å². The van der Waals surface area contributed by atoms with E-state index in [0.717, 1.165) is 36.7 Å². The highest BCUT2D eigenvalue weighted by Crippen LogP contribution is 2.32. The van der Waals surface area contributed by atoms with Crippen molar-refractivity contribution >= 4 is 6.03 Å². The number of hydrogen-bond donors (Lipinski definition) is 2. The molecular weight excluding hydrogens is 378 g/mol. The highest BCUT2D eigenvalue weighted by molar-refractivity contribution is 5.74. The van der Waals surface area contributed by atoms with Crippen LogP contribution >= 0.6 is 0 Å². The smallest absolute Gasteiger partial charge is 0.315 e. The van der Waals surface area contributed by atoms with Crippen LogP contribution in [0.4, 0.5) is 4.79 Å². The number of urea groups is 1. The molecule has 2 amide bonds. The Morgan fingerprint density at radius 1 is 1.00 bits per heavy atom. The monoisotopic (exact) mass is 409 g/mol. The van der Waals surface area contributed by atoms with Crippen molar-refractivity contribution < 1.29 is 14.3 Å². The zero-order chi connectivity index (χ0) is 20.8. The van der Waals surface area contributed by atoms with Crippen LogP contribution < -0.4 is 20.1 Å². The van der Waals surface area contributed by atoms with Crippen molar-refractivity contribution in [1.29, 1.82) is 0 Å². The number of amides is 2. The summed E-state index contributed by atoms with van der Waals surface area (Å²) in [6.07, 6.45) is 3.89. The molecule has 2 N–H and O–H groups in total. The second-order valence-corrected chi connectivity index (χ2v) is 8.06. The van der Waals surface area contributed by atoms with Gasteiger partial charge >= 0.3 is 6.03 Å². The quantitative estimate of drug-likeness (QED) is 0.757. The third-order valence-electron chi connectivity index (χ3n) is 5.81. The minimum Gasteiger partial charge on any atom is -0.486 e. The number of carbonyl (C=O) groups is 1. The molecule has 1 fully saturated rings. The average Bonchev–Trinajstić information content (AvgIpc) is 2.79. The number of piperidine rings is 1. The minimum absolute atomic E-state index is 0.135. The maximum Gasteiger partial charge on any atom is 0.315 e. The molecule has 2 heterocycles. The molecule has 2 aliphatic rings. The molecule has 0 bridgehead atoms. The van der Waals surface area contributed by atoms with Crippen LogP contribution in [0.5, 0.6) is 11.5 Å². The van der Waals surface area contributed by atoms with Gasteiger partial charge in [-0.15, -0.1) is 0 Å². The number of ether oxygens (including phenoxy) is 2. The molecule has 160 valence electrons. The lowest BCUT2D eigenvalue weighted by Gasteiger charge is -2.27. The lowest BCUT2D eigenvalue weighted by atomic mass is 10.0. The Labute approximate surface area is 178 Å². The van der Waals surface area contributed by atoms with Crippen molar-refractivity contribution in [2.24, 2.45) is 0 Å². The van der Waals surface area contributed by atoms with Gasteiger partial charge in [0.15, 0.2) is 11.5 Å². The fourth-order valence-electron chi connectivity index (χ4n) is 4.08. The Morgan fingerprint density at radius 3 is 2.53 bits per heavy atom. The third-order valence-corrected chi connectivity index (χ3v) is 5.81. The number of fused-ring (bicyclic) bond motifs is 1. The molecule has 0 aromatic heterocycles. The Balaban J connectivity index is 1.31. The number of carbonyl (C=O) groups excluding carboxylic acids is 1. The Bertz CT molecular complexity index is 865. The minimum atomic E-state index is -0.176. The lowest BCUT2D eigenvalue weighted by molar-refractivity contribution is 0.171. The normalized spacial score (nSPS) is 17.2. The van der Waals surface area contributed by atoms with Crippen LogP contribution in [0.1, 0.15) is 48.9 Å². The molecule has 0 aliphatic carbocycles. The molecule has 4 rings (SSSR count). The van der Waals surface area contributed by atoms with Gasteiger partial charge in [0.25, 0.3) is 0 Å². The SMILES string of the molecule is CC(NC(=O)NCc1ccccc1CN1CCCCC1)c1ccc2c(c1)OCCO2. The molecule has 1 atom stereocenters. The van der Waals surface area contributed by atoms with Gasteiger partial charge in [-0.25, -0.2) is 4.79 Å². The molecule has 6 nitrogen and oxygen atoms in total. The van der Waals surface area contributed by atoms with Gasteiger partial charge in [0, 0.05) is 13.1 Å². The standard InChI is InChI=1S/C24H31N3O3/c1-18(19-9-10-22-23(15-19)30-14-13-29-22)26-24(28)25-16-20-7-3-4-8-21(20)17-27-11-5-2-6-12-27/h3-4,7-10,15,18H,2,5-6,11-14,16-17H2,1H3,(H2,25,26,28). The van der Waals surface area contributed by atoms with Gasteiger partial charge < -0.3 is 20.1 Å². The zero-order valence-electron chi connectivity index (χ0n) is 17.7. The number of benzene rings is 2. The summed E-state index contributed by atoms with van der Waals surface area (Å²) in [7, 11) is 0. The number of rotatable bonds is 6. The van der Waals surface area contributed by atoms with Gasteiger partial charge in [-0.3, -0.25) is 4.90 Å². The van der Waals surface area contributed by atoms with Gasteiger partial charge in [-0.05, 0) is 61.7 Å². The van der Waals surface area contributed by atoms with Crippen molar-refractivity contribution in [3.8, 4) is 11.5 Å². The molecule has 1 saturated heterocycles. The van der Waals surface area contributed by atoms with Crippen LogP contribution in [0.25, 0.3) is 0 Å². The molecule has 0 saturated carbocycles. The summed E-state index contributed by atoms with van der Waals surface area (Å²) in [4.78, 5) is 15.0. The summed E-state index contributed by atoms with van der Waals surface area (Å²) in [5.74, 6) is 1.49. The Kier molecular flexibility index (Phi) is 6.74. The van der Waals surface area contributed by atoms with Crippen LogP contribution in [0, 0.1) is 0 Å². The summed E-state index contributed by atoms with van der Waals surface area (Å²) in [6.45, 7) is 6.88. The number of likely N-dealkylation sites (tertiary alicyclic amines) is 1. The highest BCUT2D eigenvalue weighted by atomic mass is 16.6. The van der Waals surface area contributed by atoms with Crippen molar-refractivity contribution in [1.82, 2.24) is 15.5 Å². The van der Waals surface area contributed by atoms with Crippen LogP contribution in [0.15, 0.2) is 42.5 Å². The fourth-order valence-corrected chi connectivity index (χ4v) is 4.08. The second kappa shape index (κ2) is 9.85. The van der Waals surface area contributed by atoms with E-state index in [4.69, 9.17) is 9.47 Å². The van der Waals surface area contributed by atoms with Crippen molar-refractivity contribution in [2.45, 2.75) is 45.3 Å². The fraction of sp³-hybridized carbons (Fsp3) is 0.458. The molecule has 2 aromatic rings. The summed E-state index contributed by atoms with van der Waals surface area (Å²) < 4.78 is 11.2. The number of hydrogen-bond acceptors (Lipinski definition) is 4. The third kappa shape index (κ3) is 5.25. The highest BCUT2D eigenvalue weighted by Gasteiger charge is 2.16. The van der Waals surface area contributed by atoms with Crippen LogP contribution in [0.3, 0.4) is 0 Å². The number of nitrogens with one attached hydrogen (secondary N) is 2. The van der Waals surface area contributed by atoms with Crippen molar-refractivity contribution in [3.05, 3.63) is 59.2 Å². The molecule has 1 unspecified atom stereocenters. The van der Waals surface area contributed by atoms with Gasteiger partial charge in [-0.2, -0.15) is 0 Å². The van der Waals surface area contributed by atoms with E-state index in [9.17, 15) is 4.79 Å².